The molecule has 3 aromatic carbocycles. The van der Waals surface area contributed by atoms with E-state index in [1.807, 2.05) is 37.3 Å². The number of amides is 2. The first-order chi connectivity index (χ1) is 31.6. The number of carbonyl (C=O) groups is 7. The lowest BCUT2D eigenvalue weighted by atomic mass is 9.87. The van der Waals surface area contributed by atoms with Gasteiger partial charge in [-0.05, 0) is 31.2 Å². The van der Waals surface area contributed by atoms with Crippen molar-refractivity contribution in [3.63, 3.8) is 0 Å². The van der Waals surface area contributed by atoms with E-state index >= 15 is 0 Å². The molecule has 7 rings (SSSR count). The van der Waals surface area contributed by atoms with Crippen LogP contribution in [0.1, 0.15) is 61.9 Å². The Morgan fingerprint density at radius 1 is 0.818 bits per heavy atom. The Morgan fingerprint density at radius 2 is 1.48 bits per heavy atom. The molecule has 4 saturated heterocycles. The molecule has 0 spiro atoms. The Hall–Kier alpha value is -5.90. The summed E-state index contributed by atoms with van der Waals surface area (Å²) in [6.07, 6.45) is -14.7. The van der Waals surface area contributed by atoms with Crippen molar-refractivity contribution in [3.05, 3.63) is 102 Å². The van der Waals surface area contributed by atoms with Crippen molar-refractivity contribution >= 4 is 53.6 Å². The number of rotatable bonds is 14. The Morgan fingerprint density at radius 3 is 2.11 bits per heavy atom. The molecule has 4 heterocycles. The maximum absolute atomic E-state index is 14.6. The minimum Gasteiger partial charge on any atom is -0.465 e. The summed E-state index contributed by atoms with van der Waals surface area (Å²) < 4.78 is 67.1. The highest BCUT2D eigenvalue weighted by Gasteiger charge is 2.66. The number of carbonyl (C=O) groups excluding carboxylic acids is 7. The van der Waals surface area contributed by atoms with Crippen LogP contribution >= 0.6 is 11.8 Å². The molecular formula is C46H49NO18S. The smallest absolute Gasteiger partial charge is 0.417 e. The number of imide groups is 1. The van der Waals surface area contributed by atoms with E-state index in [2.05, 4.69) is 0 Å². The van der Waals surface area contributed by atoms with Crippen LogP contribution in [0.5, 0.6) is 0 Å². The maximum Gasteiger partial charge on any atom is 0.417 e. The van der Waals surface area contributed by atoms with Crippen molar-refractivity contribution in [2.24, 2.45) is 0 Å². The molecule has 66 heavy (non-hydrogen) atoms. The molecule has 0 saturated carbocycles. The summed E-state index contributed by atoms with van der Waals surface area (Å²) in [7, 11) is 1.04. The van der Waals surface area contributed by atoms with E-state index in [-0.39, 0.29) is 12.2 Å². The Balaban J connectivity index is 1.39. The van der Waals surface area contributed by atoms with Gasteiger partial charge in [0.1, 0.15) is 48.6 Å². The van der Waals surface area contributed by atoms with Gasteiger partial charge in [-0.2, -0.15) is 0 Å². The van der Waals surface area contributed by atoms with E-state index in [4.69, 9.17) is 52.1 Å². The molecule has 6 unspecified atom stereocenters. The highest BCUT2D eigenvalue weighted by Crippen LogP contribution is 2.47. The first-order valence-electron chi connectivity index (χ1n) is 21.0. The van der Waals surface area contributed by atoms with Gasteiger partial charge in [-0.25, -0.2) is 19.3 Å². The molecule has 3 aromatic rings. The standard InChI is InChI=1S/C46H49NO18S/c1-24-17-19-31(20-18-24)66-43-40(62-41(52)29-13-9-7-10-14-29)39(37-34(60-43)23-57-42(63-37)30-15-11-8-12-16-30)65-46(44(53)55-6)21-32-35(47(25(2)48)45(54)61-32)38(64-46)36(59-28(5)51)33(58-27(4)50)22-56-26(3)49/h7-20,32-40,42-43H,21-23H2,1-6H3/t32?,33-,34?,35+,36-,37+,38?,39?,40?,42?,43+,46-/m1/s1. The molecule has 0 N–H and O–H groups in total. The summed E-state index contributed by atoms with van der Waals surface area (Å²) in [4.78, 5) is 94.6. The van der Waals surface area contributed by atoms with Crippen molar-refractivity contribution in [2.45, 2.75) is 118 Å². The second-order valence-corrected chi connectivity index (χ2v) is 17.0. The second kappa shape index (κ2) is 20.7. The maximum atomic E-state index is 14.6. The quantitative estimate of drug-likeness (QED) is 0.162. The lowest BCUT2D eigenvalue weighted by Crippen LogP contribution is -2.70. The van der Waals surface area contributed by atoms with Gasteiger partial charge >= 0.3 is 35.9 Å². The highest BCUT2D eigenvalue weighted by molar-refractivity contribution is 7.99. The number of hydrogen-bond acceptors (Lipinski definition) is 19. The number of nitrogens with zero attached hydrogens (tertiary/aromatic N) is 1. The zero-order valence-electron chi connectivity index (χ0n) is 36.8. The van der Waals surface area contributed by atoms with Gasteiger partial charge < -0.3 is 52.1 Å². The summed E-state index contributed by atoms with van der Waals surface area (Å²) in [5.41, 5.74) is 0.673. The van der Waals surface area contributed by atoms with Gasteiger partial charge in [0.25, 0.3) is 5.79 Å². The third kappa shape index (κ3) is 10.7. The lowest BCUT2D eigenvalue weighted by molar-refractivity contribution is -0.374. The van der Waals surface area contributed by atoms with Crippen molar-refractivity contribution in [3.8, 4) is 0 Å². The van der Waals surface area contributed by atoms with E-state index in [0.29, 0.717) is 15.4 Å². The van der Waals surface area contributed by atoms with Crippen LogP contribution < -0.4 is 0 Å². The number of fused-ring (bicyclic) bond motifs is 2. The van der Waals surface area contributed by atoms with Gasteiger partial charge in [0.2, 0.25) is 5.91 Å². The molecule has 4 fully saturated rings. The zero-order valence-corrected chi connectivity index (χ0v) is 37.6. The average Bonchev–Trinajstić information content (AvgIpc) is 3.63. The van der Waals surface area contributed by atoms with Crippen LogP contribution in [-0.4, -0.2) is 133 Å². The third-order valence-electron chi connectivity index (χ3n) is 11.1. The highest BCUT2D eigenvalue weighted by atomic mass is 32.2. The van der Waals surface area contributed by atoms with Gasteiger partial charge in [-0.15, -0.1) is 0 Å². The SMILES string of the molecule is COC(=O)[C@]1(OC2C(OC(=O)c3ccccc3)[C@H](Sc3ccc(C)cc3)OC3COC(c4ccccc4)O[C@@H]32)CC2OC(=O)N(C(C)=O)[C@@H]2C([C@H](OC(C)=O)[C@@H](COC(C)=O)OC(C)=O)O1. The zero-order chi connectivity index (χ0) is 47.3. The van der Waals surface area contributed by atoms with Crippen LogP contribution in [0, 0.1) is 6.92 Å². The van der Waals surface area contributed by atoms with E-state index < -0.39 is 127 Å². The summed E-state index contributed by atoms with van der Waals surface area (Å²) >= 11 is 1.19. The molecule has 4 aliphatic rings. The fourth-order valence-corrected chi connectivity index (χ4v) is 9.35. The molecule has 0 aromatic heterocycles. The van der Waals surface area contributed by atoms with Crippen LogP contribution in [0.15, 0.2) is 89.8 Å². The topological polar surface area (TPSA) is 224 Å². The van der Waals surface area contributed by atoms with Crippen molar-refractivity contribution in [1.29, 1.82) is 0 Å². The van der Waals surface area contributed by atoms with Crippen LogP contribution in [0.25, 0.3) is 0 Å². The van der Waals surface area contributed by atoms with Gasteiger partial charge in [0.15, 0.2) is 24.6 Å². The Labute approximate surface area is 383 Å². The van der Waals surface area contributed by atoms with Crippen LogP contribution in [-0.2, 0) is 76.1 Å². The van der Waals surface area contributed by atoms with E-state index in [1.54, 1.807) is 54.6 Å². The predicted octanol–water partition coefficient (Wildman–Crippen LogP) is 4.36. The molecule has 352 valence electrons. The predicted molar refractivity (Wildman–Crippen MR) is 225 cm³/mol. The molecule has 0 radical (unpaired) electrons. The Kier molecular flexibility index (Phi) is 15.1. The van der Waals surface area contributed by atoms with Gasteiger partial charge in [-0.3, -0.25) is 19.2 Å². The molecule has 2 amide bonds. The van der Waals surface area contributed by atoms with Crippen molar-refractivity contribution < 1.29 is 85.7 Å². The van der Waals surface area contributed by atoms with Crippen molar-refractivity contribution in [2.75, 3.05) is 20.3 Å². The second-order valence-electron chi connectivity index (χ2n) is 15.8. The normalized spacial score (nSPS) is 28.8. The number of thioether (sulfide) groups is 1. The summed E-state index contributed by atoms with van der Waals surface area (Å²) in [5, 5.41) is 0. The Bertz CT molecular complexity index is 2260. The number of benzene rings is 3. The van der Waals surface area contributed by atoms with Crippen LogP contribution in [0.4, 0.5) is 4.79 Å². The third-order valence-corrected chi connectivity index (χ3v) is 12.2. The summed E-state index contributed by atoms with van der Waals surface area (Å²) in [6, 6.07) is 23.1. The first kappa shape index (κ1) is 48.0. The number of methoxy groups -OCH3 is 1. The van der Waals surface area contributed by atoms with Gasteiger partial charge in [0, 0.05) is 38.2 Å². The molecule has 0 bridgehead atoms. The lowest BCUT2D eigenvalue weighted by Gasteiger charge is -2.52. The molecular weight excluding hydrogens is 887 g/mol. The number of aryl methyl sites for hydroxylation is 1. The molecule has 0 aliphatic carbocycles. The fourth-order valence-electron chi connectivity index (χ4n) is 8.25. The molecule has 20 heteroatoms. The van der Waals surface area contributed by atoms with Crippen LogP contribution in [0.2, 0.25) is 0 Å². The number of ether oxygens (including phenoxy) is 11. The largest absolute Gasteiger partial charge is 0.465 e. The summed E-state index contributed by atoms with van der Waals surface area (Å²) in [6.45, 7) is 5.37. The number of esters is 5. The minimum atomic E-state index is -2.69. The molecule has 12 atom stereocenters. The minimum absolute atomic E-state index is 0.0757. The molecule has 19 nitrogen and oxygen atoms in total. The molecule has 4 aliphatic heterocycles. The fraction of sp³-hybridized carbons (Fsp3) is 0.457. The summed E-state index contributed by atoms with van der Waals surface area (Å²) in [5.74, 6) is -8.20. The average molecular weight is 936 g/mol. The van der Waals surface area contributed by atoms with Crippen LogP contribution in [0.3, 0.4) is 0 Å². The van der Waals surface area contributed by atoms with Gasteiger partial charge in [0.05, 0.1) is 25.7 Å². The van der Waals surface area contributed by atoms with E-state index in [0.717, 1.165) is 40.4 Å². The van der Waals surface area contributed by atoms with E-state index in [1.165, 1.54) is 11.8 Å². The number of hydrogen-bond donors (Lipinski definition) is 0. The van der Waals surface area contributed by atoms with Crippen molar-refractivity contribution in [1.82, 2.24) is 4.90 Å². The monoisotopic (exact) mass is 935 g/mol. The first-order valence-corrected chi connectivity index (χ1v) is 21.8. The van der Waals surface area contributed by atoms with E-state index in [9.17, 15) is 33.6 Å². The van der Waals surface area contributed by atoms with Gasteiger partial charge in [-0.1, -0.05) is 78.0 Å².